The summed E-state index contributed by atoms with van der Waals surface area (Å²) in [5, 5.41) is 0. The Kier molecular flexibility index (Phi) is 2.78. The van der Waals surface area contributed by atoms with Crippen LogP contribution in [0, 0.1) is 0 Å². The quantitative estimate of drug-likeness (QED) is 0.589. The molecule has 0 spiro atoms. The van der Waals surface area contributed by atoms with Crippen molar-refractivity contribution in [3.05, 3.63) is 0 Å². The number of ether oxygens (including phenoxy) is 2. The maximum atomic E-state index is 11.2. The first-order chi connectivity index (χ1) is 5.19. The second-order valence-corrected chi connectivity index (χ2v) is 3.84. The van der Waals surface area contributed by atoms with E-state index >= 15 is 0 Å². The molecule has 0 unspecified atom stereocenters. The predicted molar refractivity (Wildman–Crippen MR) is 43.4 cm³/mol. The van der Waals surface area contributed by atoms with E-state index in [0.29, 0.717) is 13.2 Å². The van der Waals surface area contributed by atoms with E-state index in [2.05, 4.69) is 0 Å². The van der Waals surface area contributed by atoms with Crippen LogP contribution in [-0.4, -0.2) is 29.9 Å². The molecule has 4 heteroatoms. The summed E-state index contributed by atoms with van der Waals surface area (Å²) < 4.78 is 10.1. The highest BCUT2D eigenvalue weighted by atomic mass is 32.2. The van der Waals surface area contributed by atoms with Gasteiger partial charge in [0, 0.05) is 5.75 Å². The van der Waals surface area contributed by atoms with Crippen LogP contribution >= 0.6 is 11.8 Å². The number of carbonyl (C=O) groups is 1. The largest absolute Gasteiger partial charge is 0.463 e. The first-order valence-corrected chi connectivity index (χ1v) is 4.63. The van der Waals surface area contributed by atoms with Gasteiger partial charge in [0.25, 0.3) is 0 Å². The zero-order chi connectivity index (χ0) is 8.32. The SMILES string of the molecule is CCOC(=O)[C@]1(C)OCCS1. The number of carbonyl (C=O) groups excluding carboxylic acids is 1. The van der Waals surface area contributed by atoms with Gasteiger partial charge < -0.3 is 9.47 Å². The fourth-order valence-electron chi connectivity index (χ4n) is 0.895. The van der Waals surface area contributed by atoms with Crippen molar-refractivity contribution in [1.29, 1.82) is 0 Å². The molecule has 1 rings (SSSR count). The minimum atomic E-state index is -0.740. The highest BCUT2D eigenvalue weighted by molar-refractivity contribution is 8.01. The van der Waals surface area contributed by atoms with Crippen molar-refractivity contribution in [2.75, 3.05) is 19.0 Å². The Bertz CT molecular complexity index is 152. The molecule has 11 heavy (non-hydrogen) atoms. The molecule has 3 nitrogen and oxygen atoms in total. The van der Waals surface area contributed by atoms with E-state index in [1.165, 1.54) is 11.8 Å². The zero-order valence-corrected chi connectivity index (χ0v) is 7.57. The molecule has 0 aromatic heterocycles. The van der Waals surface area contributed by atoms with Gasteiger partial charge in [0.15, 0.2) is 0 Å². The number of rotatable bonds is 2. The topological polar surface area (TPSA) is 35.5 Å². The first-order valence-electron chi connectivity index (χ1n) is 3.64. The van der Waals surface area contributed by atoms with Crippen LogP contribution in [0.4, 0.5) is 0 Å². The summed E-state index contributed by atoms with van der Waals surface area (Å²) in [5.41, 5.74) is 0. The summed E-state index contributed by atoms with van der Waals surface area (Å²) in [6.07, 6.45) is 0. The maximum Gasteiger partial charge on any atom is 0.348 e. The van der Waals surface area contributed by atoms with E-state index in [0.717, 1.165) is 5.75 Å². The Morgan fingerprint density at radius 3 is 3.00 bits per heavy atom. The monoisotopic (exact) mass is 176 g/mol. The molecule has 64 valence electrons. The fourth-order valence-corrected chi connectivity index (χ4v) is 1.79. The van der Waals surface area contributed by atoms with Gasteiger partial charge in [-0.2, -0.15) is 0 Å². The van der Waals surface area contributed by atoms with E-state index in [4.69, 9.17) is 9.47 Å². The van der Waals surface area contributed by atoms with Gasteiger partial charge in [0.2, 0.25) is 4.93 Å². The Hall–Kier alpha value is -0.220. The molecule has 1 heterocycles. The van der Waals surface area contributed by atoms with Gasteiger partial charge in [-0.1, -0.05) is 0 Å². The van der Waals surface area contributed by atoms with E-state index in [9.17, 15) is 4.79 Å². The van der Waals surface area contributed by atoms with Crippen LogP contribution in [-0.2, 0) is 14.3 Å². The molecule has 0 aromatic rings. The Morgan fingerprint density at radius 2 is 2.55 bits per heavy atom. The van der Waals surface area contributed by atoms with Crippen LogP contribution in [0.15, 0.2) is 0 Å². The minimum absolute atomic E-state index is 0.262. The third-order valence-electron chi connectivity index (χ3n) is 1.48. The highest BCUT2D eigenvalue weighted by Gasteiger charge is 2.40. The lowest BCUT2D eigenvalue weighted by Gasteiger charge is -2.18. The van der Waals surface area contributed by atoms with E-state index in [1.54, 1.807) is 13.8 Å². The Balaban J connectivity index is 2.49. The van der Waals surface area contributed by atoms with Gasteiger partial charge in [-0.05, 0) is 13.8 Å². The van der Waals surface area contributed by atoms with E-state index in [1.807, 2.05) is 0 Å². The second-order valence-electron chi connectivity index (χ2n) is 2.36. The van der Waals surface area contributed by atoms with Crippen LogP contribution in [0.1, 0.15) is 13.8 Å². The predicted octanol–water partition coefficient (Wildman–Crippen LogP) is 1.03. The molecule has 1 aliphatic heterocycles. The lowest BCUT2D eigenvalue weighted by molar-refractivity contribution is -0.157. The highest BCUT2D eigenvalue weighted by Crippen LogP contribution is 2.33. The molecule has 1 atom stereocenters. The van der Waals surface area contributed by atoms with Crippen LogP contribution < -0.4 is 0 Å². The van der Waals surface area contributed by atoms with Crippen molar-refractivity contribution in [2.24, 2.45) is 0 Å². The van der Waals surface area contributed by atoms with Crippen molar-refractivity contribution in [1.82, 2.24) is 0 Å². The van der Waals surface area contributed by atoms with Crippen molar-refractivity contribution in [2.45, 2.75) is 18.8 Å². The van der Waals surface area contributed by atoms with Crippen LogP contribution in [0.25, 0.3) is 0 Å². The summed E-state index contributed by atoms with van der Waals surface area (Å²) in [5.74, 6) is 0.609. The molecule has 0 amide bonds. The standard InChI is InChI=1S/C7H12O3S/c1-3-9-6(8)7(2)10-4-5-11-7/h3-5H2,1-2H3/t7-/m1/s1. The van der Waals surface area contributed by atoms with Crippen LogP contribution in [0.5, 0.6) is 0 Å². The molecule has 1 aliphatic rings. The zero-order valence-electron chi connectivity index (χ0n) is 6.75. The summed E-state index contributed by atoms with van der Waals surface area (Å²) in [7, 11) is 0. The third-order valence-corrected chi connectivity index (χ3v) is 2.69. The summed E-state index contributed by atoms with van der Waals surface area (Å²) in [6, 6.07) is 0. The molecule has 0 bridgehead atoms. The minimum Gasteiger partial charge on any atom is -0.463 e. The van der Waals surface area contributed by atoms with E-state index < -0.39 is 4.93 Å². The van der Waals surface area contributed by atoms with Gasteiger partial charge in [0.1, 0.15) is 0 Å². The molecular formula is C7H12O3S. The van der Waals surface area contributed by atoms with Gasteiger partial charge in [-0.25, -0.2) is 4.79 Å². The molecule has 0 N–H and O–H groups in total. The average molecular weight is 176 g/mol. The van der Waals surface area contributed by atoms with Gasteiger partial charge in [-0.3, -0.25) is 0 Å². The summed E-state index contributed by atoms with van der Waals surface area (Å²) in [4.78, 5) is 10.5. The summed E-state index contributed by atoms with van der Waals surface area (Å²) in [6.45, 7) is 4.60. The molecule has 0 saturated carbocycles. The van der Waals surface area contributed by atoms with Gasteiger partial charge >= 0.3 is 5.97 Å². The molecule has 0 aromatic carbocycles. The number of esters is 1. The van der Waals surface area contributed by atoms with Crippen LogP contribution in [0.3, 0.4) is 0 Å². The van der Waals surface area contributed by atoms with Gasteiger partial charge in [0.05, 0.1) is 13.2 Å². The first kappa shape index (κ1) is 8.87. The van der Waals surface area contributed by atoms with Gasteiger partial charge in [-0.15, -0.1) is 11.8 Å². The normalized spacial score (nSPS) is 30.4. The third kappa shape index (κ3) is 1.87. The Labute approximate surface area is 70.4 Å². The lowest BCUT2D eigenvalue weighted by Crippen LogP contribution is -2.33. The van der Waals surface area contributed by atoms with Crippen molar-refractivity contribution in [3.63, 3.8) is 0 Å². The molecule has 0 aliphatic carbocycles. The maximum absolute atomic E-state index is 11.2. The average Bonchev–Trinajstić information content (AvgIpc) is 2.38. The number of thioether (sulfide) groups is 1. The Morgan fingerprint density at radius 1 is 1.82 bits per heavy atom. The van der Waals surface area contributed by atoms with Crippen LogP contribution in [0.2, 0.25) is 0 Å². The van der Waals surface area contributed by atoms with E-state index in [-0.39, 0.29) is 5.97 Å². The summed E-state index contributed by atoms with van der Waals surface area (Å²) >= 11 is 1.50. The molecule has 0 radical (unpaired) electrons. The number of hydrogen-bond acceptors (Lipinski definition) is 4. The molecular weight excluding hydrogens is 164 g/mol. The lowest BCUT2D eigenvalue weighted by atomic mass is 10.4. The van der Waals surface area contributed by atoms with Crippen molar-refractivity contribution in [3.8, 4) is 0 Å². The van der Waals surface area contributed by atoms with Crippen molar-refractivity contribution < 1.29 is 14.3 Å². The number of hydrogen-bond donors (Lipinski definition) is 0. The van der Waals surface area contributed by atoms with Crippen molar-refractivity contribution >= 4 is 17.7 Å². The molecule has 1 fully saturated rings. The smallest absolute Gasteiger partial charge is 0.348 e. The fraction of sp³-hybridized carbons (Fsp3) is 0.857. The second kappa shape index (κ2) is 3.45. The molecule has 1 saturated heterocycles.